The van der Waals surface area contributed by atoms with E-state index in [-0.39, 0.29) is 12.0 Å². The van der Waals surface area contributed by atoms with Crippen molar-refractivity contribution >= 4 is 22.4 Å². The summed E-state index contributed by atoms with van der Waals surface area (Å²) in [6, 6.07) is 6.65. The smallest absolute Gasteiger partial charge is 0.228 e. The number of carbonyl (C=O) groups excluding carboxylic acids is 1. The van der Waals surface area contributed by atoms with Gasteiger partial charge in [-0.3, -0.25) is 4.79 Å². The van der Waals surface area contributed by atoms with Gasteiger partial charge in [0.1, 0.15) is 0 Å². The van der Waals surface area contributed by atoms with Gasteiger partial charge in [0.2, 0.25) is 5.91 Å². The van der Waals surface area contributed by atoms with Gasteiger partial charge in [-0.2, -0.15) is 0 Å². The molecule has 0 saturated carbocycles. The van der Waals surface area contributed by atoms with E-state index >= 15 is 0 Å². The highest BCUT2D eigenvalue weighted by Crippen LogP contribution is 2.29. The van der Waals surface area contributed by atoms with Crippen molar-refractivity contribution in [3.8, 4) is 11.3 Å². The molecule has 126 valence electrons. The molecule has 2 aromatic rings. The molecule has 1 aliphatic heterocycles. The van der Waals surface area contributed by atoms with Gasteiger partial charge in [0, 0.05) is 17.6 Å². The molecule has 2 aliphatic rings. The van der Waals surface area contributed by atoms with Gasteiger partial charge in [-0.05, 0) is 55.7 Å². The Labute approximate surface area is 146 Å². The quantitative estimate of drug-likeness (QED) is 0.906. The van der Waals surface area contributed by atoms with Crippen LogP contribution in [0.4, 0.5) is 5.13 Å². The number of carbonyl (C=O) groups is 1. The molecule has 1 atom stereocenters. The van der Waals surface area contributed by atoms with E-state index in [0.717, 1.165) is 37.1 Å². The number of ether oxygens (including phenoxy) is 1. The summed E-state index contributed by atoms with van der Waals surface area (Å²) in [6.07, 6.45) is 7.46. The molecule has 0 radical (unpaired) electrons. The number of amides is 1. The minimum absolute atomic E-state index is 0.00626. The molecule has 2 heterocycles. The third-order valence-corrected chi connectivity index (χ3v) is 5.59. The minimum Gasteiger partial charge on any atom is -0.378 e. The lowest BCUT2D eigenvalue weighted by Gasteiger charge is -2.16. The molecule has 1 amide bonds. The van der Waals surface area contributed by atoms with E-state index < -0.39 is 0 Å². The van der Waals surface area contributed by atoms with Gasteiger partial charge in [0.05, 0.1) is 18.2 Å². The van der Waals surface area contributed by atoms with E-state index in [1.165, 1.54) is 41.7 Å². The van der Waals surface area contributed by atoms with Crippen LogP contribution in [0.1, 0.15) is 43.2 Å². The fraction of sp³-hybridized carbons (Fsp3) is 0.474. The Morgan fingerprint density at radius 2 is 2.12 bits per heavy atom. The predicted octanol–water partition coefficient (Wildman–Crippen LogP) is 4.20. The minimum atomic E-state index is -0.00626. The highest BCUT2D eigenvalue weighted by Gasteiger charge is 2.20. The zero-order chi connectivity index (χ0) is 16.4. The van der Waals surface area contributed by atoms with Crippen LogP contribution < -0.4 is 5.32 Å². The number of nitrogens with one attached hydrogen (secondary N) is 1. The average molecular weight is 342 g/mol. The second-order valence-corrected chi connectivity index (χ2v) is 7.47. The number of thiazole rings is 1. The fourth-order valence-corrected chi connectivity index (χ4v) is 4.27. The maximum atomic E-state index is 12.1. The molecule has 4 rings (SSSR count). The monoisotopic (exact) mass is 342 g/mol. The summed E-state index contributed by atoms with van der Waals surface area (Å²) in [6.45, 7) is 0.775. The van der Waals surface area contributed by atoms with Crippen molar-refractivity contribution in [1.82, 2.24) is 4.98 Å². The van der Waals surface area contributed by atoms with E-state index in [2.05, 4.69) is 28.5 Å². The number of aromatic nitrogens is 1. The van der Waals surface area contributed by atoms with Crippen molar-refractivity contribution in [3.63, 3.8) is 0 Å². The number of benzene rings is 1. The molecule has 0 unspecified atom stereocenters. The summed E-state index contributed by atoms with van der Waals surface area (Å²) < 4.78 is 5.51. The summed E-state index contributed by atoms with van der Waals surface area (Å²) in [4.78, 5) is 16.7. The van der Waals surface area contributed by atoms with Crippen LogP contribution in [0.25, 0.3) is 11.3 Å². The molecule has 1 N–H and O–H groups in total. The average Bonchev–Trinajstić information content (AvgIpc) is 3.26. The third kappa shape index (κ3) is 3.52. The number of hydrogen-bond acceptors (Lipinski definition) is 4. The number of aryl methyl sites for hydroxylation is 2. The molecular formula is C19H22N2O2S. The first-order valence-electron chi connectivity index (χ1n) is 8.77. The number of fused-ring (bicyclic) bond motifs is 1. The highest BCUT2D eigenvalue weighted by molar-refractivity contribution is 7.14. The van der Waals surface area contributed by atoms with Crippen molar-refractivity contribution in [1.29, 1.82) is 0 Å². The summed E-state index contributed by atoms with van der Waals surface area (Å²) >= 11 is 1.48. The molecule has 24 heavy (non-hydrogen) atoms. The predicted molar refractivity (Wildman–Crippen MR) is 96.4 cm³/mol. The van der Waals surface area contributed by atoms with Gasteiger partial charge in [-0.15, -0.1) is 11.3 Å². The molecule has 0 bridgehead atoms. The summed E-state index contributed by atoms with van der Waals surface area (Å²) in [5.41, 5.74) is 5.02. The molecule has 0 spiro atoms. The molecule has 1 fully saturated rings. The van der Waals surface area contributed by atoms with Gasteiger partial charge in [-0.1, -0.05) is 12.1 Å². The van der Waals surface area contributed by atoms with Crippen molar-refractivity contribution in [2.45, 2.75) is 51.0 Å². The van der Waals surface area contributed by atoms with Crippen LogP contribution in [0, 0.1) is 0 Å². The molecule has 1 aliphatic carbocycles. The second-order valence-electron chi connectivity index (χ2n) is 6.62. The number of nitrogens with zero attached hydrogens (tertiary/aromatic N) is 1. The van der Waals surface area contributed by atoms with Crippen molar-refractivity contribution in [3.05, 3.63) is 34.7 Å². The lowest BCUT2D eigenvalue weighted by molar-refractivity contribution is -0.118. The van der Waals surface area contributed by atoms with Gasteiger partial charge < -0.3 is 10.1 Å². The Kier molecular flexibility index (Phi) is 4.63. The summed E-state index contributed by atoms with van der Waals surface area (Å²) in [5.74, 6) is -0.00626. The first kappa shape index (κ1) is 15.8. The Morgan fingerprint density at radius 3 is 2.96 bits per heavy atom. The number of hydrogen-bond donors (Lipinski definition) is 1. The lowest BCUT2D eigenvalue weighted by atomic mass is 9.90. The largest absolute Gasteiger partial charge is 0.378 e. The van der Waals surface area contributed by atoms with Crippen LogP contribution in [-0.4, -0.2) is 23.6 Å². The van der Waals surface area contributed by atoms with Crippen LogP contribution in [0.5, 0.6) is 0 Å². The standard InChI is InChI=1S/C19H22N2O2S/c22-18(11-16-6-3-9-23-16)21-19-20-17(12-24-19)15-8-7-13-4-1-2-5-14(13)10-15/h7-8,10,12,16H,1-6,9,11H2,(H,20,21,22)/t16-/m0/s1. The second kappa shape index (κ2) is 7.03. The Bertz CT molecular complexity index is 735. The van der Waals surface area contributed by atoms with Gasteiger partial charge in [0.25, 0.3) is 0 Å². The normalized spacial score (nSPS) is 19.9. The first-order valence-corrected chi connectivity index (χ1v) is 9.65. The first-order chi connectivity index (χ1) is 11.8. The van der Waals surface area contributed by atoms with E-state index in [1.807, 2.05) is 5.38 Å². The van der Waals surface area contributed by atoms with Crippen molar-refractivity contribution < 1.29 is 9.53 Å². The molecule has 4 nitrogen and oxygen atoms in total. The van der Waals surface area contributed by atoms with Gasteiger partial charge >= 0.3 is 0 Å². The summed E-state index contributed by atoms with van der Waals surface area (Å²) in [5, 5.41) is 5.60. The SMILES string of the molecule is O=C(C[C@@H]1CCCO1)Nc1nc(-c2ccc3c(c2)CCCC3)cs1. The maximum Gasteiger partial charge on any atom is 0.228 e. The van der Waals surface area contributed by atoms with E-state index in [0.29, 0.717) is 11.6 Å². The van der Waals surface area contributed by atoms with E-state index in [1.54, 1.807) is 0 Å². The fourth-order valence-electron chi connectivity index (χ4n) is 3.54. The Morgan fingerprint density at radius 1 is 1.25 bits per heavy atom. The van der Waals surface area contributed by atoms with Crippen LogP contribution in [0.15, 0.2) is 23.6 Å². The van der Waals surface area contributed by atoms with Gasteiger partial charge in [0.15, 0.2) is 5.13 Å². The van der Waals surface area contributed by atoms with Crippen LogP contribution in [0.2, 0.25) is 0 Å². The van der Waals surface area contributed by atoms with Crippen molar-refractivity contribution in [2.75, 3.05) is 11.9 Å². The zero-order valence-corrected chi connectivity index (χ0v) is 14.5. The topological polar surface area (TPSA) is 51.2 Å². The Hall–Kier alpha value is -1.72. The third-order valence-electron chi connectivity index (χ3n) is 4.83. The van der Waals surface area contributed by atoms with Crippen LogP contribution in [0.3, 0.4) is 0 Å². The Balaban J connectivity index is 1.43. The van der Waals surface area contributed by atoms with Crippen molar-refractivity contribution in [2.24, 2.45) is 0 Å². The lowest BCUT2D eigenvalue weighted by Crippen LogP contribution is -2.19. The molecule has 1 aromatic heterocycles. The highest BCUT2D eigenvalue weighted by atomic mass is 32.1. The number of anilines is 1. The molecule has 1 saturated heterocycles. The van der Waals surface area contributed by atoms with Crippen LogP contribution in [-0.2, 0) is 22.4 Å². The number of rotatable bonds is 4. The molecule has 5 heteroatoms. The maximum absolute atomic E-state index is 12.1. The summed E-state index contributed by atoms with van der Waals surface area (Å²) in [7, 11) is 0. The van der Waals surface area contributed by atoms with E-state index in [4.69, 9.17) is 4.74 Å². The molecular weight excluding hydrogens is 320 g/mol. The molecule has 1 aromatic carbocycles. The van der Waals surface area contributed by atoms with Gasteiger partial charge in [-0.25, -0.2) is 4.98 Å². The van der Waals surface area contributed by atoms with E-state index in [9.17, 15) is 4.79 Å². The van der Waals surface area contributed by atoms with Crippen LogP contribution >= 0.6 is 11.3 Å². The zero-order valence-electron chi connectivity index (χ0n) is 13.7.